The van der Waals surface area contributed by atoms with Crippen molar-refractivity contribution in [2.45, 2.75) is 45.3 Å². The number of ketones is 1. The van der Waals surface area contributed by atoms with Crippen molar-refractivity contribution in [2.24, 2.45) is 5.92 Å². The third-order valence-electron chi connectivity index (χ3n) is 3.38. The van der Waals surface area contributed by atoms with Gasteiger partial charge in [-0.15, -0.1) is 0 Å². The van der Waals surface area contributed by atoms with Gasteiger partial charge >= 0.3 is 0 Å². The first-order valence-electron chi connectivity index (χ1n) is 5.72. The maximum Gasteiger partial charge on any atom is 0.183 e. The molecule has 0 aromatic rings. The Morgan fingerprint density at radius 2 is 2.27 bits per heavy atom. The lowest BCUT2D eigenvalue weighted by molar-refractivity contribution is -0.130. The molecule has 1 aliphatic carbocycles. The summed E-state index contributed by atoms with van der Waals surface area (Å²) in [6.07, 6.45) is 9.34. The van der Waals surface area contributed by atoms with Crippen molar-refractivity contribution >= 4 is 5.78 Å². The topological polar surface area (TPSA) is 26.3 Å². The van der Waals surface area contributed by atoms with Gasteiger partial charge in [0.15, 0.2) is 5.78 Å². The normalized spacial score (nSPS) is 36.5. The van der Waals surface area contributed by atoms with Crippen LogP contribution in [0, 0.1) is 5.92 Å². The molecule has 1 heterocycles. The van der Waals surface area contributed by atoms with E-state index < -0.39 is 0 Å². The average Bonchev–Trinajstić information content (AvgIpc) is 2.23. The number of ether oxygens (including phenoxy) is 1. The summed E-state index contributed by atoms with van der Waals surface area (Å²) in [6.45, 7) is 4.00. The Balaban J connectivity index is 2.11. The van der Waals surface area contributed by atoms with Crippen LogP contribution in [0.3, 0.4) is 0 Å². The molecule has 2 rings (SSSR count). The van der Waals surface area contributed by atoms with Gasteiger partial charge in [0.2, 0.25) is 0 Å². The molecule has 2 nitrogen and oxygen atoms in total. The fourth-order valence-electron chi connectivity index (χ4n) is 2.37. The molecule has 0 amide bonds. The van der Waals surface area contributed by atoms with Crippen LogP contribution >= 0.6 is 0 Å². The van der Waals surface area contributed by atoms with Crippen molar-refractivity contribution in [3.63, 3.8) is 0 Å². The number of hydrogen-bond donors (Lipinski definition) is 0. The summed E-state index contributed by atoms with van der Waals surface area (Å²) in [7, 11) is 0. The van der Waals surface area contributed by atoms with E-state index in [1.807, 2.05) is 13.0 Å². The number of allylic oxidation sites excluding steroid dienone is 1. The van der Waals surface area contributed by atoms with Crippen LogP contribution in [0.15, 0.2) is 23.8 Å². The van der Waals surface area contributed by atoms with Gasteiger partial charge in [0.1, 0.15) is 6.10 Å². The molecule has 0 aromatic heterocycles. The molecule has 0 N–H and O–H groups in total. The van der Waals surface area contributed by atoms with Crippen molar-refractivity contribution in [1.29, 1.82) is 0 Å². The molecule has 0 fully saturated rings. The number of carbonyl (C=O) groups is 1. The van der Waals surface area contributed by atoms with Gasteiger partial charge in [0, 0.05) is 5.92 Å². The molecule has 1 aliphatic heterocycles. The minimum atomic E-state index is -0.269. The Bertz CT molecular complexity index is 314. The third-order valence-corrected chi connectivity index (χ3v) is 3.38. The number of hydrogen-bond acceptors (Lipinski definition) is 2. The Kier molecular flexibility index (Phi) is 3.06. The van der Waals surface area contributed by atoms with Gasteiger partial charge < -0.3 is 4.74 Å². The fourth-order valence-corrected chi connectivity index (χ4v) is 2.37. The van der Waals surface area contributed by atoms with Crippen LogP contribution in [0.5, 0.6) is 0 Å². The minimum Gasteiger partial charge on any atom is -0.362 e. The fraction of sp³-hybridized carbons (Fsp3) is 0.615. The van der Waals surface area contributed by atoms with Crippen LogP contribution in [0.2, 0.25) is 0 Å². The van der Waals surface area contributed by atoms with Gasteiger partial charge in [-0.05, 0) is 39.2 Å². The summed E-state index contributed by atoms with van der Waals surface area (Å²) >= 11 is 0. The zero-order valence-corrected chi connectivity index (χ0v) is 9.40. The van der Waals surface area contributed by atoms with Crippen LogP contribution < -0.4 is 0 Å². The van der Waals surface area contributed by atoms with Gasteiger partial charge in [-0.1, -0.05) is 17.7 Å². The Morgan fingerprint density at radius 3 is 2.93 bits per heavy atom. The average molecular weight is 206 g/mol. The van der Waals surface area contributed by atoms with Gasteiger partial charge in [-0.25, -0.2) is 0 Å². The summed E-state index contributed by atoms with van der Waals surface area (Å²) in [4.78, 5) is 11.3. The second-order valence-corrected chi connectivity index (χ2v) is 4.49. The van der Waals surface area contributed by atoms with Crippen molar-refractivity contribution < 1.29 is 9.53 Å². The molecule has 82 valence electrons. The molecular weight excluding hydrogens is 188 g/mol. The predicted octanol–water partition coefficient (Wildman–Crippen LogP) is 2.65. The summed E-state index contributed by atoms with van der Waals surface area (Å²) in [5.41, 5.74) is 1.41. The van der Waals surface area contributed by atoms with Gasteiger partial charge in [-0.3, -0.25) is 4.79 Å². The second-order valence-electron chi connectivity index (χ2n) is 4.49. The van der Waals surface area contributed by atoms with E-state index in [0.29, 0.717) is 5.92 Å². The van der Waals surface area contributed by atoms with E-state index in [2.05, 4.69) is 13.0 Å². The highest BCUT2D eigenvalue weighted by Crippen LogP contribution is 2.31. The van der Waals surface area contributed by atoms with Crippen molar-refractivity contribution in [1.82, 2.24) is 0 Å². The highest BCUT2D eigenvalue weighted by molar-refractivity contribution is 5.93. The first kappa shape index (κ1) is 10.6. The summed E-state index contributed by atoms with van der Waals surface area (Å²) in [5, 5.41) is 0. The van der Waals surface area contributed by atoms with Gasteiger partial charge in [-0.2, -0.15) is 0 Å². The van der Waals surface area contributed by atoms with Crippen LogP contribution in [0.4, 0.5) is 0 Å². The van der Waals surface area contributed by atoms with Crippen molar-refractivity contribution in [3.8, 4) is 0 Å². The molecule has 1 unspecified atom stereocenters. The molecule has 0 saturated carbocycles. The lowest BCUT2D eigenvalue weighted by Crippen LogP contribution is -2.35. The minimum absolute atomic E-state index is 0.0868. The lowest BCUT2D eigenvalue weighted by atomic mass is 9.83. The summed E-state index contributed by atoms with van der Waals surface area (Å²) in [5.74, 6) is 0.564. The first-order valence-corrected chi connectivity index (χ1v) is 5.72. The van der Waals surface area contributed by atoms with E-state index in [4.69, 9.17) is 4.74 Å². The van der Waals surface area contributed by atoms with Crippen LogP contribution in [0.1, 0.15) is 33.1 Å². The summed E-state index contributed by atoms with van der Waals surface area (Å²) in [6, 6.07) is 0. The van der Waals surface area contributed by atoms with Gasteiger partial charge in [0.25, 0.3) is 0 Å². The monoisotopic (exact) mass is 206 g/mol. The highest BCUT2D eigenvalue weighted by atomic mass is 16.5. The molecule has 2 heteroatoms. The van der Waals surface area contributed by atoms with E-state index in [0.717, 1.165) is 0 Å². The van der Waals surface area contributed by atoms with E-state index in [-0.39, 0.29) is 18.0 Å². The van der Waals surface area contributed by atoms with Crippen LogP contribution in [-0.2, 0) is 9.53 Å². The van der Waals surface area contributed by atoms with E-state index in [1.165, 1.54) is 24.8 Å². The first-order chi connectivity index (χ1) is 7.18. The molecule has 3 atom stereocenters. The van der Waals surface area contributed by atoms with Crippen molar-refractivity contribution in [3.05, 3.63) is 23.8 Å². The molecule has 15 heavy (non-hydrogen) atoms. The Hall–Kier alpha value is -0.890. The number of carbonyl (C=O) groups excluding carboxylic acids is 1. The largest absolute Gasteiger partial charge is 0.362 e. The predicted molar refractivity (Wildman–Crippen MR) is 59.6 cm³/mol. The molecule has 0 spiro atoms. The molecule has 0 saturated heterocycles. The maximum atomic E-state index is 11.3. The standard InChI is InChI=1S/C13H18O2/c1-9-5-3-4-6-11(9)13-8-7-12(14)10(2)15-13/h5,7-8,10-11,13H,3-4,6H2,1-2H3/t10-,11?,13+/m0/s1. The molecule has 0 aromatic carbocycles. The lowest BCUT2D eigenvalue weighted by Gasteiger charge is -2.32. The summed E-state index contributed by atoms with van der Waals surface area (Å²) < 4.78 is 5.73. The van der Waals surface area contributed by atoms with Gasteiger partial charge in [0.05, 0.1) is 6.10 Å². The zero-order valence-electron chi connectivity index (χ0n) is 9.40. The molecule has 2 aliphatic rings. The Morgan fingerprint density at radius 1 is 1.47 bits per heavy atom. The second kappa shape index (κ2) is 4.31. The molecule has 0 radical (unpaired) electrons. The number of rotatable bonds is 1. The Labute approximate surface area is 91.0 Å². The van der Waals surface area contributed by atoms with Crippen LogP contribution in [0.25, 0.3) is 0 Å². The zero-order chi connectivity index (χ0) is 10.8. The SMILES string of the molecule is CC1=CCCCC1[C@H]1C=CC(=O)[C@H](C)O1. The third kappa shape index (κ3) is 2.20. The van der Waals surface area contributed by atoms with E-state index in [9.17, 15) is 4.79 Å². The van der Waals surface area contributed by atoms with E-state index in [1.54, 1.807) is 6.08 Å². The maximum absolute atomic E-state index is 11.3. The smallest absolute Gasteiger partial charge is 0.183 e. The highest BCUT2D eigenvalue weighted by Gasteiger charge is 2.29. The van der Waals surface area contributed by atoms with Crippen molar-refractivity contribution in [2.75, 3.05) is 0 Å². The quantitative estimate of drug-likeness (QED) is 0.616. The molecular formula is C13H18O2. The van der Waals surface area contributed by atoms with E-state index >= 15 is 0 Å². The van der Waals surface area contributed by atoms with Crippen LogP contribution in [-0.4, -0.2) is 18.0 Å². The molecule has 0 bridgehead atoms.